The van der Waals surface area contributed by atoms with Crippen LogP contribution in [0.25, 0.3) is 0 Å². The number of carbonyl (C=O) groups excluding carboxylic acids is 2. The molecule has 0 aliphatic heterocycles. The summed E-state index contributed by atoms with van der Waals surface area (Å²) in [7, 11) is 1.40. The molecule has 112 valence electrons. The van der Waals surface area contributed by atoms with Gasteiger partial charge < -0.3 is 14.8 Å². The largest absolute Gasteiger partial charge is 0.468 e. The summed E-state index contributed by atoms with van der Waals surface area (Å²) < 4.78 is 9.60. The van der Waals surface area contributed by atoms with E-state index in [-0.39, 0.29) is 23.9 Å². The van der Waals surface area contributed by atoms with E-state index in [9.17, 15) is 9.59 Å². The topological polar surface area (TPSA) is 64.6 Å². The number of methoxy groups -OCH3 is 1. The fourth-order valence-corrected chi connectivity index (χ4v) is 1.78. The van der Waals surface area contributed by atoms with E-state index in [0.717, 1.165) is 25.8 Å². The molecular formula is C14H27NO4. The van der Waals surface area contributed by atoms with Crippen molar-refractivity contribution in [3.8, 4) is 0 Å². The molecule has 0 saturated carbocycles. The van der Waals surface area contributed by atoms with Crippen molar-refractivity contribution in [1.29, 1.82) is 0 Å². The lowest BCUT2D eigenvalue weighted by atomic mass is 10.0. The molecule has 0 aromatic rings. The summed E-state index contributed by atoms with van der Waals surface area (Å²) in [6, 6.07) is -0.255. The molecule has 5 heteroatoms. The smallest absolute Gasteiger partial charge is 0.323 e. The van der Waals surface area contributed by atoms with E-state index in [0.29, 0.717) is 13.0 Å². The second kappa shape index (κ2) is 10.8. The molecule has 19 heavy (non-hydrogen) atoms. The van der Waals surface area contributed by atoms with Crippen molar-refractivity contribution >= 4 is 11.9 Å². The molecule has 0 bridgehead atoms. The van der Waals surface area contributed by atoms with E-state index in [1.54, 1.807) is 6.92 Å². The van der Waals surface area contributed by atoms with Gasteiger partial charge in [-0.15, -0.1) is 0 Å². The number of unbranched alkanes of at least 4 members (excludes halogenated alkanes) is 2. The van der Waals surface area contributed by atoms with Crippen molar-refractivity contribution in [2.75, 3.05) is 20.3 Å². The summed E-state index contributed by atoms with van der Waals surface area (Å²) in [5.74, 6) is -0.154. The van der Waals surface area contributed by atoms with Crippen molar-refractivity contribution < 1.29 is 19.1 Å². The summed E-state index contributed by atoms with van der Waals surface area (Å²) in [4.78, 5) is 22.6. The molecule has 1 N–H and O–H groups in total. The number of ether oxygens (including phenoxy) is 2. The number of hydrogen-bond donors (Lipinski definition) is 1. The van der Waals surface area contributed by atoms with Crippen LogP contribution >= 0.6 is 0 Å². The Balaban J connectivity index is 3.66. The van der Waals surface area contributed by atoms with E-state index in [1.165, 1.54) is 7.11 Å². The Labute approximate surface area is 116 Å². The standard InChI is InChI=1S/C14H27NO4/c1-5-19-12(16)9-7-6-8-10-15-13(11(2)3)14(17)18-4/h11,13,15H,5-10H2,1-4H3. The first kappa shape index (κ1) is 17.9. The monoisotopic (exact) mass is 273 g/mol. The highest BCUT2D eigenvalue weighted by atomic mass is 16.5. The average Bonchev–Trinajstić information content (AvgIpc) is 2.36. The second-order valence-electron chi connectivity index (χ2n) is 4.81. The van der Waals surface area contributed by atoms with Gasteiger partial charge in [-0.05, 0) is 32.2 Å². The molecular weight excluding hydrogens is 246 g/mol. The molecule has 0 aromatic carbocycles. The Bertz CT molecular complexity index is 266. The summed E-state index contributed by atoms with van der Waals surface area (Å²) in [5.41, 5.74) is 0. The van der Waals surface area contributed by atoms with Gasteiger partial charge in [0.25, 0.3) is 0 Å². The fraction of sp³-hybridized carbons (Fsp3) is 0.857. The maximum atomic E-state index is 11.5. The summed E-state index contributed by atoms with van der Waals surface area (Å²) in [6.07, 6.45) is 3.17. The molecule has 0 aromatic heterocycles. The van der Waals surface area contributed by atoms with Crippen LogP contribution in [0.2, 0.25) is 0 Å². The fourth-order valence-electron chi connectivity index (χ4n) is 1.78. The van der Waals surface area contributed by atoms with Gasteiger partial charge in [0, 0.05) is 6.42 Å². The van der Waals surface area contributed by atoms with Gasteiger partial charge in [-0.25, -0.2) is 0 Å². The highest BCUT2D eigenvalue weighted by Crippen LogP contribution is 2.05. The molecule has 1 unspecified atom stereocenters. The van der Waals surface area contributed by atoms with Crippen LogP contribution in [-0.2, 0) is 19.1 Å². The van der Waals surface area contributed by atoms with Gasteiger partial charge in [-0.3, -0.25) is 9.59 Å². The second-order valence-corrected chi connectivity index (χ2v) is 4.81. The summed E-state index contributed by atoms with van der Waals surface area (Å²) in [5, 5.41) is 3.19. The van der Waals surface area contributed by atoms with Crippen molar-refractivity contribution in [2.45, 2.75) is 52.5 Å². The molecule has 0 spiro atoms. The summed E-state index contributed by atoms with van der Waals surface area (Å²) in [6.45, 7) is 6.96. The molecule has 0 aliphatic carbocycles. The lowest BCUT2D eigenvalue weighted by Crippen LogP contribution is -2.42. The van der Waals surface area contributed by atoms with Gasteiger partial charge in [0.15, 0.2) is 0 Å². The number of hydrogen-bond acceptors (Lipinski definition) is 5. The minimum atomic E-state index is -0.255. The zero-order valence-electron chi connectivity index (χ0n) is 12.5. The quantitative estimate of drug-likeness (QED) is 0.486. The van der Waals surface area contributed by atoms with Crippen LogP contribution in [0.4, 0.5) is 0 Å². The molecule has 0 fully saturated rings. The Kier molecular flexibility index (Phi) is 10.2. The molecule has 5 nitrogen and oxygen atoms in total. The molecule has 0 radical (unpaired) electrons. The van der Waals surface area contributed by atoms with Crippen molar-refractivity contribution in [1.82, 2.24) is 5.32 Å². The first-order chi connectivity index (χ1) is 9.02. The Morgan fingerprint density at radius 2 is 1.84 bits per heavy atom. The van der Waals surface area contributed by atoms with Gasteiger partial charge in [0.2, 0.25) is 0 Å². The van der Waals surface area contributed by atoms with E-state index in [1.807, 2.05) is 13.8 Å². The minimum absolute atomic E-state index is 0.134. The van der Waals surface area contributed by atoms with Gasteiger partial charge in [0.05, 0.1) is 13.7 Å². The number of esters is 2. The third-order valence-corrected chi connectivity index (χ3v) is 2.85. The lowest BCUT2D eigenvalue weighted by molar-refractivity contribution is -0.144. The van der Waals surface area contributed by atoms with Crippen LogP contribution in [0.1, 0.15) is 46.5 Å². The van der Waals surface area contributed by atoms with Crippen LogP contribution in [0.5, 0.6) is 0 Å². The molecule has 0 aliphatic rings. The lowest BCUT2D eigenvalue weighted by Gasteiger charge is -2.19. The van der Waals surface area contributed by atoms with Crippen LogP contribution in [-0.4, -0.2) is 38.2 Å². The van der Waals surface area contributed by atoms with Gasteiger partial charge in [0.1, 0.15) is 6.04 Å². The van der Waals surface area contributed by atoms with E-state index < -0.39 is 0 Å². The van der Waals surface area contributed by atoms with Crippen molar-refractivity contribution in [3.05, 3.63) is 0 Å². The van der Waals surface area contributed by atoms with Gasteiger partial charge >= 0.3 is 11.9 Å². The first-order valence-corrected chi connectivity index (χ1v) is 6.99. The molecule has 0 saturated heterocycles. The third-order valence-electron chi connectivity index (χ3n) is 2.85. The number of nitrogens with one attached hydrogen (secondary N) is 1. The molecule has 1 atom stereocenters. The van der Waals surface area contributed by atoms with E-state index in [2.05, 4.69) is 5.32 Å². The molecule has 0 rings (SSSR count). The number of carbonyl (C=O) groups is 2. The Hall–Kier alpha value is -1.10. The summed E-state index contributed by atoms with van der Waals surface area (Å²) >= 11 is 0. The van der Waals surface area contributed by atoms with Crippen LogP contribution in [0.15, 0.2) is 0 Å². The maximum Gasteiger partial charge on any atom is 0.323 e. The van der Waals surface area contributed by atoms with E-state index >= 15 is 0 Å². The first-order valence-electron chi connectivity index (χ1n) is 6.99. The zero-order valence-corrected chi connectivity index (χ0v) is 12.5. The average molecular weight is 273 g/mol. The van der Waals surface area contributed by atoms with Crippen LogP contribution < -0.4 is 5.32 Å². The Morgan fingerprint density at radius 3 is 2.37 bits per heavy atom. The SMILES string of the molecule is CCOC(=O)CCCCCNC(C(=O)OC)C(C)C. The minimum Gasteiger partial charge on any atom is -0.468 e. The van der Waals surface area contributed by atoms with Gasteiger partial charge in [-0.2, -0.15) is 0 Å². The normalized spacial score (nSPS) is 12.3. The third kappa shape index (κ3) is 8.59. The predicted octanol–water partition coefficient (Wildman–Crippen LogP) is 1.90. The zero-order chi connectivity index (χ0) is 14.7. The number of rotatable bonds is 10. The van der Waals surface area contributed by atoms with E-state index in [4.69, 9.17) is 9.47 Å². The highest BCUT2D eigenvalue weighted by Gasteiger charge is 2.21. The predicted molar refractivity (Wildman–Crippen MR) is 73.7 cm³/mol. The Morgan fingerprint density at radius 1 is 1.16 bits per heavy atom. The molecule has 0 heterocycles. The van der Waals surface area contributed by atoms with Crippen LogP contribution in [0.3, 0.4) is 0 Å². The highest BCUT2D eigenvalue weighted by molar-refractivity contribution is 5.75. The van der Waals surface area contributed by atoms with Crippen molar-refractivity contribution in [3.63, 3.8) is 0 Å². The van der Waals surface area contributed by atoms with Crippen molar-refractivity contribution in [2.24, 2.45) is 5.92 Å². The molecule has 0 amide bonds. The van der Waals surface area contributed by atoms with Gasteiger partial charge in [-0.1, -0.05) is 20.3 Å². The maximum absolute atomic E-state index is 11.5. The van der Waals surface area contributed by atoms with Crippen LogP contribution in [0, 0.1) is 5.92 Å².